The van der Waals surface area contributed by atoms with E-state index in [9.17, 15) is 26.9 Å². The van der Waals surface area contributed by atoms with Crippen molar-refractivity contribution in [1.82, 2.24) is 0 Å². The summed E-state index contributed by atoms with van der Waals surface area (Å²) < 4.78 is 50.3. The van der Waals surface area contributed by atoms with Gasteiger partial charge in [-0.2, -0.15) is 0 Å². The average molecular weight is 325 g/mol. The third kappa shape index (κ3) is 3.41. The van der Waals surface area contributed by atoms with Crippen LogP contribution in [0.3, 0.4) is 0 Å². The van der Waals surface area contributed by atoms with Crippen LogP contribution in [-0.4, -0.2) is 28.4 Å². The molecule has 4 N–H and O–H groups in total. The zero-order valence-corrected chi connectivity index (χ0v) is 11.8. The number of primary sulfonamides is 2. The van der Waals surface area contributed by atoms with Gasteiger partial charge in [0, 0.05) is 0 Å². The maximum Gasteiger partial charge on any atom is 0.293 e. The van der Waals surface area contributed by atoms with Crippen molar-refractivity contribution in [3.63, 3.8) is 0 Å². The number of rotatable bonds is 5. The highest BCUT2D eigenvalue weighted by Gasteiger charge is 2.29. The molecule has 10 nitrogen and oxygen atoms in total. The van der Waals surface area contributed by atoms with Crippen LogP contribution >= 0.6 is 0 Å². The molecule has 0 bridgehead atoms. The van der Waals surface area contributed by atoms with Crippen molar-refractivity contribution in [3.8, 4) is 5.75 Å². The first-order chi connectivity index (χ1) is 8.98. The second-order valence-electron chi connectivity index (χ2n) is 3.55. The van der Waals surface area contributed by atoms with E-state index in [1.807, 2.05) is 0 Å². The Balaban J connectivity index is 3.84. The molecule has 1 aromatic rings. The lowest BCUT2D eigenvalue weighted by molar-refractivity contribution is -0.388. The van der Waals surface area contributed by atoms with Crippen LogP contribution in [0.2, 0.25) is 0 Å². The van der Waals surface area contributed by atoms with E-state index >= 15 is 0 Å². The van der Waals surface area contributed by atoms with Gasteiger partial charge in [-0.1, -0.05) is 0 Å². The van der Waals surface area contributed by atoms with Crippen LogP contribution in [-0.2, 0) is 20.0 Å². The van der Waals surface area contributed by atoms with Gasteiger partial charge in [0.15, 0.2) is 4.90 Å². The highest BCUT2D eigenvalue weighted by molar-refractivity contribution is 7.90. The zero-order valence-electron chi connectivity index (χ0n) is 10.1. The largest absolute Gasteiger partial charge is 0.492 e. The Labute approximate surface area is 114 Å². The molecule has 1 rings (SSSR count). The van der Waals surface area contributed by atoms with Crippen LogP contribution in [0.4, 0.5) is 5.69 Å². The van der Waals surface area contributed by atoms with Crippen LogP contribution < -0.4 is 15.0 Å². The Bertz CT molecular complexity index is 755. The van der Waals surface area contributed by atoms with Crippen molar-refractivity contribution in [1.29, 1.82) is 0 Å². The monoisotopic (exact) mass is 325 g/mol. The summed E-state index contributed by atoms with van der Waals surface area (Å²) in [4.78, 5) is 8.15. The Morgan fingerprint density at radius 3 is 2.00 bits per heavy atom. The lowest BCUT2D eigenvalue weighted by Gasteiger charge is -2.10. The molecule has 0 radical (unpaired) electrons. The minimum atomic E-state index is -4.51. The van der Waals surface area contributed by atoms with E-state index in [0.717, 1.165) is 0 Å². The predicted octanol–water partition coefficient (Wildman–Crippen LogP) is -0.712. The maximum absolute atomic E-state index is 11.4. The number of nitrogens with zero attached hydrogens (tertiary/aromatic N) is 1. The van der Waals surface area contributed by atoms with E-state index in [2.05, 4.69) is 0 Å². The third-order valence-corrected chi connectivity index (χ3v) is 4.01. The van der Waals surface area contributed by atoms with Gasteiger partial charge >= 0.3 is 0 Å². The number of hydrogen-bond acceptors (Lipinski definition) is 7. The molecule has 0 saturated heterocycles. The minimum Gasteiger partial charge on any atom is -0.492 e. The SMILES string of the molecule is CCOc1cc([N+](=O)[O-])c(S(N)(=O)=O)cc1S(N)(=O)=O. The quantitative estimate of drug-likeness (QED) is 0.531. The summed E-state index contributed by atoms with van der Waals surface area (Å²) in [6.45, 7) is 1.50. The zero-order chi connectivity index (χ0) is 15.7. The van der Waals surface area contributed by atoms with Crippen molar-refractivity contribution in [2.75, 3.05) is 6.61 Å². The molecule has 0 aliphatic heterocycles. The normalized spacial score (nSPS) is 12.2. The number of nitro groups is 1. The fourth-order valence-electron chi connectivity index (χ4n) is 1.39. The van der Waals surface area contributed by atoms with Crippen molar-refractivity contribution >= 4 is 25.7 Å². The lowest BCUT2D eigenvalue weighted by atomic mass is 10.3. The van der Waals surface area contributed by atoms with Gasteiger partial charge in [0.25, 0.3) is 5.69 Å². The van der Waals surface area contributed by atoms with E-state index in [4.69, 9.17) is 15.0 Å². The molecule has 0 amide bonds. The molecular weight excluding hydrogens is 314 g/mol. The van der Waals surface area contributed by atoms with Crippen LogP contribution in [0.5, 0.6) is 5.75 Å². The third-order valence-electron chi connectivity index (χ3n) is 2.13. The van der Waals surface area contributed by atoms with E-state index < -0.39 is 46.2 Å². The standard InChI is InChI=1S/C8H11N3O7S2/c1-2-18-6-3-5(11(12)13)7(19(9,14)15)4-8(6)20(10,16)17/h3-4H,2H2,1H3,(H2,9,14,15)(H2,10,16,17). The summed E-state index contributed by atoms with van der Waals surface area (Å²) in [7, 11) is -8.86. The van der Waals surface area contributed by atoms with Crippen molar-refractivity contribution in [2.45, 2.75) is 16.7 Å². The van der Waals surface area contributed by atoms with Crippen LogP contribution in [0.15, 0.2) is 21.9 Å². The number of hydrogen-bond donors (Lipinski definition) is 2. The molecule has 0 aliphatic rings. The van der Waals surface area contributed by atoms with Crippen molar-refractivity contribution < 1.29 is 26.5 Å². The van der Waals surface area contributed by atoms with Gasteiger partial charge in [0.1, 0.15) is 10.6 Å². The summed E-state index contributed by atoms with van der Waals surface area (Å²) in [5, 5.41) is 20.6. The van der Waals surface area contributed by atoms with Gasteiger partial charge < -0.3 is 4.74 Å². The number of sulfonamides is 2. The number of benzene rings is 1. The van der Waals surface area contributed by atoms with E-state index in [0.29, 0.717) is 12.1 Å². The molecule has 0 aliphatic carbocycles. The Kier molecular flexibility index (Phi) is 4.33. The van der Waals surface area contributed by atoms with E-state index in [1.165, 1.54) is 6.92 Å². The molecule has 0 spiro atoms. The van der Waals surface area contributed by atoms with Crippen LogP contribution in [0, 0.1) is 10.1 Å². The minimum absolute atomic E-state index is 0.00556. The number of ether oxygens (including phenoxy) is 1. The molecule has 1 aromatic carbocycles. The molecule has 0 atom stereocenters. The first-order valence-electron chi connectivity index (χ1n) is 4.99. The second kappa shape index (κ2) is 5.32. The first-order valence-corrected chi connectivity index (χ1v) is 8.08. The highest BCUT2D eigenvalue weighted by atomic mass is 32.2. The van der Waals surface area contributed by atoms with Crippen molar-refractivity contribution in [3.05, 3.63) is 22.2 Å². The molecule has 12 heteroatoms. The van der Waals surface area contributed by atoms with Crippen LogP contribution in [0.1, 0.15) is 6.92 Å². The maximum atomic E-state index is 11.4. The summed E-state index contributed by atoms with van der Waals surface area (Å²) >= 11 is 0. The van der Waals surface area contributed by atoms with Crippen LogP contribution in [0.25, 0.3) is 0 Å². The van der Waals surface area contributed by atoms with E-state index in [-0.39, 0.29) is 6.61 Å². The molecule has 0 saturated carbocycles. The first kappa shape index (κ1) is 16.3. The van der Waals surface area contributed by atoms with Crippen molar-refractivity contribution in [2.24, 2.45) is 10.3 Å². The molecule has 112 valence electrons. The Hall–Kier alpha value is -1.76. The lowest BCUT2D eigenvalue weighted by Crippen LogP contribution is -2.18. The average Bonchev–Trinajstić information content (AvgIpc) is 2.25. The molecular formula is C8H11N3O7S2. The number of nitro benzene ring substituents is 1. The molecule has 0 heterocycles. The topological polar surface area (TPSA) is 173 Å². The Morgan fingerprint density at radius 2 is 1.65 bits per heavy atom. The highest BCUT2D eigenvalue weighted by Crippen LogP contribution is 2.33. The second-order valence-corrected chi connectivity index (χ2v) is 6.61. The number of nitrogens with two attached hydrogens (primary N) is 2. The Morgan fingerprint density at radius 1 is 1.15 bits per heavy atom. The molecule has 0 unspecified atom stereocenters. The van der Waals surface area contributed by atoms with Gasteiger partial charge in [-0.15, -0.1) is 0 Å². The smallest absolute Gasteiger partial charge is 0.293 e. The molecule has 20 heavy (non-hydrogen) atoms. The summed E-state index contributed by atoms with van der Waals surface area (Å²) in [5.74, 6) is -0.422. The molecule has 0 aromatic heterocycles. The van der Waals surface area contributed by atoms with Gasteiger partial charge in [-0.25, -0.2) is 27.1 Å². The fraction of sp³-hybridized carbons (Fsp3) is 0.250. The predicted molar refractivity (Wildman–Crippen MR) is 67.0 cm³/mol. The van der Waals surface area contributed by atoms with Gasteiger partial charge in [0.05, 0.1) is 17.6 Å². The van der Waals surface area contributed by atoms with Gasteiger partial charge in [-0.05, 0) is 13.0 Å². The van der Waals surface area contributed by atoms with Gasteiger partial charge in [0.2, 0.25) is 20.0 Å². The summed E-state index contributed by atoms with van der Waals surface area (Å²) in [6, 6.07) is 1.16. The van der Waals surface area contributed by atoms with E-state index in [1.54, 1.807) is 0 Å². The van der Waals surface area contributed by atoms with Gasteiger partial charge in [-0.3, -0.25) is 10.1 Å². The fourth-order valence-corrected chi connectivity index (χ4v) is 2.85. The summed E-state index contributed by atoms with van der Waals surface area (Å²) in [5.41, 5.74) is -0.900. The summed E-state index contributed by atoms with van der Waals surface area (Å²) in [6.07, 6.45) is 0. The molecule has 0 fully saturated rings.